The maximum Gasteiger partial charge on any atom is 0.144 e. The van der Waals surface area contributed by atoms with Crippen LogP contribution in [-0.4, -0.2) is 19.7 Å². The van der Waals surface area contributed by atoms with Crippen molar-refractivity contribution in [3.05, 3.63) is 18.2 Å². The Bertz CT molecular complexity index is 443. The first-order chi connectivity index (χ1) is 8.24. The number of ether oxygens (including phenoxy) is 1. The van der Waals surface area contributed by atoms with Gasteiger partial charge in [-0.2, -0.15) is 10.5 Å². The number of nitriles is 2. The highest BCUT2D eigenvalue weighted by Gasteiger charge is 2.12. The number of anilines is 2. The second-order valence-corrected chi connectivity index (χ2v) is 3.29. The van der Waals surface area contributed by atoms with Gasteiger partial charge in [0.2, 0.25) is 0 Å². The predicted octanol–water partition coefficient (Wildman–Crippen LogP) is 1.52. The molecule has 0 aliphatic carbocycles. The summed E-state index contributed by atoms with van der Waals surface area (Å²) in [5, 5.41) is 17.4. The summed E-state index contributed by atoms with van der Waals surface area (Å²) in [6, 6.07) is 9.34. The number of hydrogen-bond donors (Lipinski definition) is 1. The molecule has 1 aromatic carbocycles. The van der Waals surface area contributed by atoms with Crippen molar-refractivity contribution in [2.24, 2.45) is 0 Å². The average Bonchev–Trinajstić information content (AvgIpc) is 2.32. The lowest BCUT2D eigenvalue weighted by Crippen LogP contribution is -2.24. The first-order valence-electron chi connectivity index (χ1n) is 5.24. The number of benzene rings is 1. The van der Waals surface area contributed by atoms with E-state index < -0.39 is 0 Å². The molecule has 2 N–H and O–H groups in total. The van der Waals surface area contributed by atoms with Crippen LogP contribution in [-0.2, 0) is 0 Å². The number of nitrogens with zero attached hydrogens (tertiary/aromatic N) is 3. The van der Waals surface area contributed by atoms with E-state index in [9.17, 15) is 0 Å². The lowest BCUT2D eigenvalue weighted by molar-refractivity contribution is 0.342. The smallest absolute Gasteiger partial charge is 0.144 e. The third-order valence-electron chi connectivity index (χ3n) is 2.21. The molecule has 5 heteroatoms. The third-order valence-corrected chi connectivity index (χ3v) is 2.21. The quantitative estimate of drug-likeness (QED) is 0.612. The third kappa shape index (κ3) is 3.02. The summed E-state index contributed by atoms with van der Waals surface area (Å²) in [5.41, 5.74) is 7.06. The van der Waals surface area contributed by atoms with Gasteiger partial charge >= 0.3 is 0 Å². The van der Waals surface area contributed by atoms with Gasteiger partial charge < -0.3 is 15.4 Å². The summed E-state index contributed by atoms with van der Waals surface area (Å²) >= 11 is 0. The Morgan fingerprint density at radius 3 is 2.47 bits per heavy atom. The molecule has 0 heterocycles. The first-order valence-corrected chi connectivity index (χ1v) is 5.24. The van der Waals surface area contributed by atoms with E-state index in [2.05, 4.69) is 0 Å². The summed E-state index contributed by atoms with van der Waals surface area (Å²) in [5.74, 6) is 0.575. The molecule has 0 saturated carbocycles. The number of nitrogen functional groups attached to an aromatic ring is 1. The molecular formula is C12H14N4O. The second kappa shape index (κ2) is 6.24. The number of hydrogen-bond acceptors (Lipinski definition) is 5. The van der Waals surface area contributed by atoms with Crippen molar-refractivity contribution in [3.63, 3.8) is 0 Å². The van der Waals surface area contributed by atoms with Gasteiger partial charge in [0.15, 0.2) is 0 Å². The molecule has 0 aliphatic heterocycles. The Labute approximate surface area is 101 Å². The molecular weight excluding hydrogens is 216 g/mol. The van der Waals surface area contributed by atoms with Gasteiger partial charge in [0.1, 0.15) is 18.8 Å². The van der Waals surface area contributed by atoms with Gasteiger partial charge in [-0.25, -0.2) is 0 Å². The Morgan fingerprint density at radius 2 is 1.94 bits per heavy atom. The van der Waals surface area contributed by atoms with Gasteiger partial charge in [0.25, 0.3) is 0 Å². The van der Waals surface area contributed by atoms with Crippen LogP contribution in [0.2, 0.25) is 0 Å². The fraction of sp³-hybridized carbons (Fsp3) is 0.333. The first kappa shape index (κ1) is 12.7. The molecule has 88 valence electrons. The fourth-order valence-electron chi connectivity index (χ4n) is 1.49. The van der Waals surface area contributed by atoms with E-state index in [4.69, 9.17) is 21.0 Å². The highest BCUT2D eigenvalue weighted by Crippen LogP contribution is 2.31. The minimum Gasteiger partial charge on any atom is -0.492 e. The molecule has 0 saturated heterocycles. The molecule has 0 aromatic heterocycles. The lowest BCUT2D eigenvalue weighted by atomic mass is 10.2. The standard InChI is InChI=1S/C12H14N4O/c1-2-17-11-5-3-4-10(12(11)15)16(8-6-13)9-7-14/h3-5H,2,8-9,15H2,1H3. The average molecular weight is 230 g/mol. The number of para-hydroxylation sites is 1. The SMILES string of the molecule is CCOc1cccc(N(CC#N)CC#N)c1N. The maximum absolute atomic E-state index is 8.72. The van der Waals surface area contributed by atoms with E-state index >= 15 is 0 Å². The van der Waals surface area contributed by atoms with Crippen molar-refractivity contribution in [1.82, 2.24) is 0 Å². The maximum atomic E-state index is 8.72. The topological polar surface area (TPSA) is 86.1 Å². The van der Waals surface area contributed by atoms with Gasteiger partial charge in [-0.15, -0.1) is 0 Å². The van der Waals surface area contributed by atoms with Crippen molar-refractivity contribution >= 4 is 11.4 Å². The largest absolute Gasteiger partial charge is 0.492 e. The van der Waals surface area contributed by atoms with Crippen LogP contribution in [0.3, 0.4) is 0 Å². The molecule has 0 aliphatic rings. The molecule has 17 heavy (non-hydrogen) atoms. The Balaban J connectivity index is 3.07. The zero-order valence-corrected chi connectivity index (χ0v) is 9.68. The van der Waals surface area contributed by atoms with Crippen molar-refractivity contribution in [3.8, 4) is 17.9 Å². The summed E-state index contributed by atoms with van der Waals surface area (Å²) in [4.78, 5) is 1.61. The lowest BCUT2D eigenvalue weighted by Gasteiger charge is -2.21. The van der Waals surface area contributed by atoms with Gasteiger partial charge in [0.05, 0.1) is 30.1 Å². The van der Waals surface area contributed by atoms with Crippen LogP contribution >= 0.6 is 0 Å². The molecule has 5 nitrogen and oxygen atoms in total. The van der Waals surface area contributed by atoms with Crippen LogP contribution in [0.25, 0.3) is 0 Å². The molecule has 0 atom stereocenters. The summed E-state index contributed by atoms with van der Waals surface area (Å²) in [7, 11) is 0. The van der Waals surface area contributed by atoms with Crippen molar-refractivity contribution < 1.29 is 4.74 Å². The number of rotatable bonds is 5. The molecule has 0 amide bonds. The second-order valence-electron chi connectivity index (χ2n) is 3.29. The Kier molecular flexibility index (Phi) is 4.65. The molecule has 0 unspecified atom stereocenters. The summed E-state index contributed by atoms with van der Waals surface area (Å²) < 4.78 is 5.37. The van der Waals surface area contributed by atoms with Crippen molar-refractivity contribution in [1.29, 1.82) is 10.5 Å². The van der Waals surface area contributed by atoms with Crippen LogP contribution in [0.4, 0.5) is 11.4 Å². The summed E-state index contributed by atoms with van der Waals surface area (Å²) in [6.45, 7) is 2.62. The van der Waals surface area contributed by atoms with Crippen LogP contribution in [0, 0.1) is 22.7 Å². The van der Waals surface area contributed by atoms with Crippen LogP contribution < -0.4 is 15.4 Å². The Hall–Kier alpha value is -2.40. The molecule has 0 radical (unpaired) electrons. The fourth-order valence-corrected chi connectivity index (χ4v) is 1.49. The van der Waals surface area contributed by atoms with Gasteiger partial charge in [-0.1, -0.05) is 6.07 Å². The number of nitrogens with two attached hydrogens (primary N) is 1. The van der Waals surface area contributed by atoms with E-state index in [0.717, 1.165) is 0 Å². The highest BCUT2D eigenvalue weighted by molar-refractivity contribution is 5.74. The van der Waals surface area contributed by atoms with E-state index in [1.54, 1.807) is 23.1 Å². The highest BCUT2D eigenvalue weighted by atomic mass is 16.5. The zero-order chi connectivity index (χ0) is 12.7. The Morgan fingerprint density at radius 1 is 1.29 bits per heavy atom. The molecule has 1 aromatic rings. The van der Waals surface area contributed by atoms with E-state index in [1.165, 1.54) is 0 Å². The zero-order valence-electron chi connectivity index (χ0n) is 9.68. The minimum absolute atomic E-state index is 0.118. The molecule has 1 rings (SSSR count). The normalized spacial score (nSPS) is 9.12. The molecule has 0 spiro atoms. The van der Waals surface area contributed by atoms with Crippen LogP contribution in [0.1, 0.15) is 6.92 Å². The van der Waals surface area contributed by atoms with E-state index in [0.29, 0.717) is 23.7 Å². The minimum atomic E-state index is 0.118. The van der Waals surface area contributed by atoms with Gasteiger partial charge in [-0.3, -0.25) is 0 Å². The van der Waals surface area contributed by atoms with Gasteiger partial charge in [-0.05, 0) is 19.1 Å². The van der Waals surface area contributed by atoms with Crippen LogP contribution in [0.15, 0.2) is 18.2 Å². The van der Waals surface area contributed by atoms with Crippen molar-refractivity contribution in [2.75, 3.05) is 30.3 Å². The predicted molar refractivity (Wildman–Crippen MR) is 65.5 cm³/mol. The molecule has 0 fully saturated rings. The van der Waals surface area contributed by atoms with Crippen LogP contribution in [0.5, 0.6) is 5.75 Å². The van der Waals surface area contributed by atoms with Gasteiger partial charge in [0, 0.05) is 0 Å². The monoisotopic (exact) mass is 230 g/mol. The molecule has 0 bridgehead atoms. The van der Waals surface area contributed by atoms with Crippen molar-refractivity contribution in [2.45, 2.75) is 6.92 Å². The van der Waals surface area contributed by atoms with E-state index in [1.807, 2.05) is 19.1 Å². The summed E-state index contributed by atoms with van der Waals surface area (Å²) in [6.07, 6.45) is 0. The van der Waals surface area contributed by atoms with E-state index in [-0.39, 0.29) is 13.1 Å².